The molecule has 0 unspecified atom stereocenters. The quantitative estimate of drug-likeness (QED) is 0.149. The van der Waals surface area contributed by atoms with Crippen LogP contribution in [-0.4, -0.2) is 0 Å². The molecule has 0 N–H and O–H groups in total. The van der Waals surface area contributed by atoms with Crippen molar-refractivity contribution in [2.45, 2.75) is 43.4 Å². The Bertz CT molecular complexity index is 2890. The van der Waals surface area contributed by atoms with Crippen LogP contribution in [-0.2, 0) is 5.41 Å². The number of hydrogen-bond acceptors (Lipinski definition) is 1. The lowest BCUT2D eigenvalue weighted by Crippen LogP contribution is -2.29. The van der Waals surface area contributed by atoms with Crippen LogP contribution in [0.25, 0.3) is 44.2 Å². The summed E-state index contributed by atoms with van der Waals surface area (Å²) < 4.78 is 0. The van der Waals surface area contributed by atoms with E-state index in [1.807, 2.05) is 0 Å². The van der Waals surface area contributed by atoms with Gasteiger partial charge in [0.15, 0.2) is 0 Å². The lowest BCUT2D eigenvalue weighted by molar-refractivity contribution is 0.444. The van der Waals surface area contributed by atoms with E-state index < -0.39 is 5.41 Å². The van der Waals surface area contributed by atoms with Gasteiger partial charge in [-0.3, -0.25) is 0 Å². The van der Waals surface area contributed by atoms with Gasteiger partial charge < -0.3 is 4.90 Å². The summed E-state index contributed by atoms with van der Waals surface area (Å²) in [6, 6.07) is 81.2. The summed E-state index contributed by atoms with van der Waals surface area (Å²) in [6.07, 6.45) is 6.48. The molecule has 1 heteroatoms. The molecule has 0 heterocycles. The molecule has 1 nitrogen and oxygen atoms in total. The maximum Gasteiger partial charge on any atom is 0.0714 e. The topological polar surface area (TPSA) is 3.24 Å². The molecule has 0 saturated heterocycles. The van der Waals surface area contributed by atoms with Crippen molar-refractivity contribution in [3.8, 4) is 33.4 Å². The summed E-state index contributed by atoms with van der Waals surface area (Å²) in [5.41, 5.74) is 17.5. The Morgan fingerprint density at radius 1 is 0.383 bits per heavy atom. The summed E-state index contributed by atoms with van der Waals surface area (Å²) in [7, 11) is 0. The third-order valence-electron chi connectivity index (χ3n) is 13.3. The zero-order chi connectivity index (χ0) is 39.9. The van der Waals surface area contributed by atoms with Crippen LogP contribution in [0.3, 0.4) is 0 Å². The minimum absolute atomic E-state index is 0.482. The fraction of sp³-hybridized carbons (Fsp3) is 0.119. The first-order chi connectivity index (χ1) is 29.8. The van der Waals surface area contributed by atoms with Crippen molar-refractivity contribution in [2.24, 2.45) is 0 Å². The highest BCUT2D eigenvalue weighted by Gasteiger charge is 2.47. The van der Waals surface area contributed by atoms with Gasteiger partial charge in [0, 0.05) is 17.1 Å². The summed E-state index contributed by atoms with van der Waals surface area (Å²) in [5.74, 6) is 0.577. The number of anilines is 3. The standard InChI is InChI=1S/C59H47N/c1-6-19-42(20-7-1)52-31-18-32-55-58(52)54-40-38-50(41-56(54)59(55,46-24-10-3-11-25-46)47-26-12-4-13-27-47)60(48-28-14-5-15-29-48)49-36-33-44(34-37-49)53-39-35-43-21-16-17-30-51(43)57(53)45-22-8-2-9-23-45/h2-5,8-18,21-42H,1,6-7,19-20H2. The zero-order valence-corrected chi connectivity index (χ0v) is 33.8. The Labute approximate surface area is 354 Å². The maximum atomic E-state index is 2.51. The van der Waals surface area contributed by atoms with E-state index in [0.717, 1.165) is 17.1 Å². The van der Waals surface area contributed by atoms with Gasteiger partial charge in [0.05, 0.1) is 5.41 Å². The summed E-state index contributed by atoms with van der Waals surface area (Å²) in [4.78, 5) is 2.44. The monoisotopic (exact) mass is 769 g/mol. The van der Waals surface area contributed by atoms with Gasteiger partial charge in [-0.05, 0) is 127 Å². The average Bonchev–Trinajstić information content (AvgIpc) is 3.63. The molecule has 0 spiro atoms. The van der Waals surface area contributed by atoms with Crippen molar-refractivity contribution in [1.82, 2.24) is 0 Å². The van der Waals surface area contributed by atoms with Gasteiger partial charge in [-0.15, -0.1) is 0 Å². The summed E-state index contributed by atoms with van der Waals surface area (Å²) in [6.45, 7) is 0. The molecule has 9 aromatic carbocycles. The van der Waals surface area contributed by atoms with E-state index in [1.54, 1.807) is 0 Å². The van der Waals surface area contributed by atoms with Crippen LogP contribution in [0.2, 0.25) is 0 Å². The van der Waals surface area contributed by atoms with Gasteiger partial charge in [0.2, 0.25) is 0 Å². The first kappa shape index (κ1) is 36.1. The van der Waals surface area contributed by atoms with Crippen LogP contribution in [0, 0.1) is 0 Å². The molecule has 288 valence electrons. The Kier molecular flexibility index (Phi) is 9.23. The Hall–Kier alpha value is -6.96. The fourth-order valence-corrected chi connectivity index (χ4v) is 10.7. The van der Waals surface area contributed by atoms with E-state index in [0.29, 0.717) is 5.92 Å². The largest absolute Gasteiger partial charge is 0.310 e. The maximum absolute atomic E-state index is 2.51. The summed E-state index contributed by atoms with van der Waals surface area (Å²) >= 11 is 0. The van der Waals surface area contributed by atoms with Gasteiger partial charge in [0.25, 0.3) is 0 Å². The molecule has 1 fully saturated rings. The van der Waals surface area contributed by atoms with E-state index in [-0.39, 0.29) is 0 Å². The van der Waals surface area contributed by atoms with Crippen LogP contribution < -0.4 is 4.90 Å². The SMILES string of the molecule is c1ccc(-c2c(-c3ccc(N(c4ccccc4)c4ccc5c(c4)C(c4ccccc4)(c4ccccc4)c4cccc(C6CCCCC6)c4-5)cc3)ccc3ccccc23)cc1. The van der Waals surface area contributed by atoms with E-state index in [4.69, 9.17) is 0 Å². The Balaban J connectivity index is 1.11. The number of rotatable bonds is 8. The van der Waals surface area contributed by atoms with Crippen molar-refractivity contribution in [3.63, 3.8) is 0 Å². The van der Waals surface area contributed by atoms with E-state index in [1.165, 1.54) is 104 Å². The molecule has 0 radical (unpaired) electrons. The zero-order valence-electron chi connectivity index (χ0n) is 33.8. The lowest BCUT2D eigenvalue weighted by atomic mass is 9.67. The number of nitrogens with zero attached hydrogens (tertiary/aromatic N) is 1. The van der Waals surface area contributed by atoms with Crippen LogP contribution in [0.5, 0.6) is 0 Å². The van der Waals surface area contributed by atoms with Gasteiger partial charge >= 0.3 is 0 Å². The second-order valence-corrected chi connectivity index (χ2v) is 16.6. The minimum atomic E-state index is -0.482. The number of benzene rings is 9. The molecule has 0 aromatic heterocycles. The molecule has 2 aliphatic carbocycles. The highest BCUT2D eigenvalue weighted by atomic mass is 15.1. The highest BCUT2D eigenvalue weighted by molar-refractivity contribution is 6.04. The van der Waals surface area contributed by atoms with Gasteiger partial charge in [-0.2, -0.15) is 0 Å². The third kappa shape index (κ3) is 5.99. The van der Waals surface area contributed by atoms with E-state index >= 15 is 0 Å². The van der Waals surface area contributed by atoms with Crippen LogP contribution >= 0.6 is 0 Å². The van der Waals surface area contributed by atoms with Crippen molar-refractivity contribution in [3.05, 3.63) is 246 Å². The second-order valence-electron chi connectivity index (χ2n) is 16.6. The van der Waals surface area contributed by atoms with E-state index in [9.17, 15) is 0 Å². The molecule has 2 aliphatic rings. The predicted molar refractivity (Wildman–Crippen MR) is 253 cm³/mol. The number of hydrogen-bond donors (Lipinski definition) is 0. The smallest absolute Gasteiger partial charge is 0.0714 e. The van der Waals surface area contributed by atoms with Crippen LogP contribution in [0.4, 0.5) is 17.1 Å². The predicted octanol–water partition coefficient (Wildman–Crippen LogP) is 16.1. The van der Waals surface area contributed by atoms with E-state index in [2.05, 4.69) is 223 Å². The van der Waals surface area contributed by atoms with Crippen molar-refractivity contribution >= 4 is 27.8 Å². The number of para-hydroxylation sites is 1. The van der Waals surface area contributed by atoms with Gasteiger partial charge in [-0.25, -0.2) is 0 Å². The molecule has 0 amide bonds. The molecular weight excluding hydrogens is 723 g/mol. The number of fused-ring (bicyclic) bond motifs is 4. The van der Waals surface area contributed by atoms with Crippen LogP contribution in [0.15, 0.2) is 218 Å². The Morgan fingerprint density at radius 2 is 0.967 bits per heavy atom. The molecular formula is C59H47N. The first-order valence-corrected chi connectivity index (χ1v) is 21.7. The molecule has 1 saturated carbocycles. The highest BCUT2D eigenvalue weighted by Crippen LogP contribution is 2.59. The molecule has 9 aromatic rings. The van der Waals surface area contributed by atoms with Gasteiger partial charge in [0.1, 0.15) is 0 Å². The van der Waals surface area contributed by atoms with Gasteiger partial charge in [-0.1, -0.05) is 201 Å². The summed E-state index contributed by atoms with van der Waals surface area (Å²) in [5, 5.41) is 2.51. The van der Waals surface area contributed by atoms with Crippen molar-refractivity contribution in [1.29, 1.82) is 0 Å². The second kappa shape index (κ2) is 15.3. The lowest BCUT2D eigenvalue weighted by Gasteiger charge is -2.35. The minimum Gasteiger partial charge on any atom is -0.310 e. The Morgan fingerprint density at radius 3 is 1.67 bits per heavy atom. The third-order valence-corrected chi connectivity index (χ3v) is 13.3. The molecule has 0 atom stereocenters. The van der Waals surface area contributed by atoms with Crippen molar-refractivity contribution in [2.75, 3.05) is 4.90 Å². The normalized spacial score (nSPS) is 14.4. The van der Waals surface area contributed by atoms with Crippen LogP contribution in [0.1, 0.15) is 65.8 Å². The molecule has 60 heavy (non-hydrogen) atoms. The fourth-order valence-electron chi connectivity index (χ4n) is 10.7. The molecule has 0 bridgehead atoms. The van der Waals surface area contributed by atoms with Crippen molar-refractivity contribution < 1.29 is 0 Å². The molecule has 0 aliphatic heterocycles. The molecule has 11 rings (SSSR count). The first-order valence-electron chi connectivity index (χ1n) is 21.7. The average molecular weight is 770 g/mol.